The number of aryl methyl sites for hydroxylation is 1. The average molecular weight is 347 g/mol. The van der Waals surface area contributed by atoms with Crippen LogP contribution in [0.3, 0.4) is 0 Å². The lowest BCUT2D eigenvalue weighted by atomic mass is 9.78. The van der Waals surface area contributed by atoms with E-state index in [0.717, 1.165) is 29.6 Å². The highest BCUT2D eigenvalue weighted by Gasteiger charge is 2.54. The Morgan fingerprint density at radius 2 is 1.79 bits per heavy atom. The highest BCUT2D eigenvalue weighted by atomic mass is 35.5. The van der Waals surface area contributed by atoms with Gasteiger partial charge in [0.05, 0.1) is 5.92 Å². The Morgan fingerprint density at radius 3 is 2.33 bits per heavy atom. The summed E-state index contributed by atoms with van der Waals surface area (Å²) in [7, 11) is 0. The van der Waals surface area contributed by atoms with Crippen LogP contribution in [0.25, 0.3) is 0 Å². The molecule has 24 heavy (non-hydrogen) atoms. The second-order valence-electron chi connectivity index (χ2n) is 7.07. The van der Waals surface area contributed by atoms with Crippen LogP contribution in [-0.2, 0) is 9.59 Å². The Labute approximate surface area is 146 Å². The Bertz CT molecular complexity index is 736. The first-order chi connectivity index (χ1) is 11.3. The predicted octanol–water partition coefficient (Wildman–Crippen LogP) is 2.95. The molecule has 128 valence electrons. The number of rotatable bonds is 3. The molecule has 2 bridgehead atoms. The monoisotopic (exact) mass is 346 g/mol. The van der Waals surface area contributed by atoms with Crippen LogP contribution in [-0.4, -0.2) is 11.9 Å². The quantitative estimate of drug-likeness (QED) is 0.855. The minimum absolute atomic E-state index is 0.00354. The molecule has 0 aliphatic heterocycles. The van der Waals surface area contributed by atoms with Gasteiger partial charge in [-0.15, -0.1) is 0 Å². The number of carboxylic acid groups (broad SMARTS) is 1. The van der Waals surface area contributed by atoms with Gasteiger partial charge in [-0.2, -0.15) is 0 Å². The number of halogens is 1. The number of benzene rings is 1. The van der Waals surface area contributed by atoms with Crippen molar-refractivity contribution < 1.29 is 14.7 Å². The molecule has 1 aromatic rings. The van der Waals surface area contributed by atoms with Gasteiger partial charge in [0, 0.05) is 22.6 Å². The summed E-state index contributed by atoms with van der Waals surface area (Å²) in [6.45, 7) is 5.87. The Balaban J connectivity index is 1.89. The maximum Gasteiger partial charge on any atom is 0.228 e. The lowest BCUT2D eigenvalue weighted by Crippen LogP contribution is -2.43. The van der Waals surface area contributed by atoms with E-state index in [1.165, 1.54) is 0 Å². The summed E-state index contributed by atoms with van der Waals surface area (Å²) in [5.74, 6) is -2.75. The number of carbonyl (C=O) groups is 2. The highest BCUT2D eigenvalue weighted by Crippen LogP contribution is 2.57. The smallest absolute Gasteiger partial charge is 0.228 e. The first-order valence-electron chi connectivity index (χ1n) is 8.26. The number of anilines is 1. The van der Waals surface area contributed by atoms with Gasteiger partial charge in [-0.05, 0) is 63.1 Å². The van der Waals surface area contributed by atoms with Gasteiger partial charge in [-0.3, -0.25) is 4.79 Å². The topological polar surface area (TPSA) is 69.2 Å². The summed E-state index contributed by atoms with van der Waals surface area (Å²) in [5.41, 5.74) is 3.79. The van der Waals surface area contributed by atoms with Crippen molar-refractivity contribution in [3.63, 3.8) is 0 Å². The lowest BCUT2D eigenvalue weighted by molar-refractivity contribution is -0.314. The first kappa shape index (κ1) is 17.0. The molecule has 4 atom stereocenters. The van der Waals surface area contributed by atoms with Crippen LogP contribution in [0, 0.1) is 30.6 Å². The summed E-state index contributed by atoms with van der Waals surface area (Å²) < 4.78 is 0. The molecule has 2 fully saturated rings. The van der Waals surface area contributed by atoms with E-state index < -0.39 is 17.8 Å². The van der Waals surface area contributed by atoms with Crippen molar-refractivity contribution in [2.75, 3.05) is 5.32 Å². The van der Waals surface area contributed by atoms with Crippen LogP contribution in [0.15, 0.2) is 29.3 Å². The van der Waals surface area contributed by atoms with Crippen molar-refractivity contribution in [2.24, 2.45) is 23.7 Å². The number of carboxylic acids is 1. The summed E-state index contributed by atoms with van der Waals surface area (Å²) >= 11 is 6.10. The maximum absolute atomic E-state index is 12.8. The molecule has 0 spiro atoms. The van der Waals surface area contributed by atoms with E-state index in [-0.39, 0.29) is 17.7 Å². The standard InChI is InChI=1S/C19H22ClNO3/c1-9(2)15-12-6-7-13(15)17(19(23)24)16(12)18(22)21-11-5-4-10(3)14(20)8-11/h4-5,8,12-13,16-17H,6-7H2,1-3H3,(H,21,22)(H,23,24)/p-1/t12-,13+,16-,17-/m0/s1. The van der Waals surface area contributed by atoms with Gasteiger partial charge in [-0.1, -0.05) is 28.8 Å². The minimum atomic E-state index is -1.12. The van der Waals surface area contributed by atoms with Crippen LogP contribution in [0.5, 0.6) is 0 Å². The molecule has 0 heterocycles. The van der Waals surface area contributed by atoms with Crippen LogP contribution in [0.2, 0.25) is 5.02 Å². The molecule has 1 amide bonds. The maximum atomic E-state index is 12.8. The number of hydrogen-bond donors (Lipinski definition) is 1. The van der Waals surface area contributed by atoms with E-state index in [1.807, 2.05) is 26.8 Å². The zero-order valence-corrected chi connectivity index (χ0v) is 14.8. The first-order valence-corrected chi connectivity index (χ1v) is 8.64. The van der Waals surface area contributed by atoms with Crippen molar-refractivity contribution in [1.82, 2.24) is 0 Å². The van der Waals surface area contributed by atoms with Crippen molar-refractivity contribution in [1.29, 1.82) is 0 Å². The van der Waals surface area contributed by atoms with Gasteiger partial charge in [-0.25, -0.2) is 0 Å². The molecule has 2 aliphatic rings. The van der Waals surface area contributed by atoms with Crippen LogP contribution in [0.1, 0.15) is 32.3 Å². The molecular weight excluding hydrogens is 326 g/mol. The molecule has 0 aromatic heterocycles. The van der Waals surface area contributed by atoms with E-state index in [4.69, 9.17) is 11.6 Å². The van der Waals surface area contributed by atoms with Crippen LogP contribution < -0.4 is 10.4 Å². The minimum Gasteiger partial charge on any atom is -0.550 e. The zero-order chi connectivity index (χ0) is 17.6. The third-order valence-electron chi connectivity index (χ3n) is 5.43. The van der Waals surface area contributed by atoms with Gasteiger partial charge < -0.3 is 15.2 Å². The molecule has 1 aromatic carbocycles. The van der Waals surface area contributed by atoms with E-state index in [0.29, 0.717) is 10.7 Å². The second-order valence-corrected chi connectivity index (χ2v) is 7.48. The Morgan fingerprint density at radius 1 is 1.17 bits per heavy atom. The van der Waals surface area contributed by atoms with Crippen LogP contribution in [0.4, 0.5) is 5.69 Å². The van der Waals surface area contributed by atoms with Gasteiger partial charge >= 0.3 is 0 Å². The number of allylic oxidation sites excluding steroid dienone is 2. The number of aliphatic carboxylic acids is 1. The molecule has 0 radical (unpaired) electrons. The largest absolute Gasteiger partial charge is 0.550 e. The van der Waals surface area contributed by atoms with Gasteiger partial charge in [0.25, 0.3) is 0 Å². The van der Waals surface area contributed by atoms with Crippen LogP contribution >= 0.6 is 11.6 Å². The molecule has 5 heteroatoms. The summed E-state index contributed by atoms with van der Waals surface area (Å²) in [4.78, 5) is 24.5. The highest BCUT2D eigenvalue weighted by molar-refractivity contribution is 6.31. The fourth-order valence-electron chi connectivity index (χ4n) is 4.49. The average Bonchev–Trinajstić information content (AvgIpc) is 3.06. The summed E-state index contributed by atoms with van der Waals surface area (Å²) in [6, 6.07) is 5.30. The lowest BCUT2D eigenvalue weighted by Gasteiger charge is -2.30. The molecule has 1 N–H and O–H groups in total. The van der Waals surface area contributed by atoms with Gasteiger partial charge in [0.2, 0.25) is 5.91 Å². The number of carbonyl (C=O) groups excluding carboxylic acids is 2. The molecule has 0 saturated heterocycles. The second kappa shape index (κ2) is 6.25. The number of hydrogen-bond acceptors (Lipinski definition) is 3. The molecular formula is C19H21ClNO3-. The molecule has 0 unspecified atom stereocenters. The van der Waals surface area contributed by atoms with Crippen molar-refractivity contribution in [3.05, 3.63) is 39.9 Å². The van der Waals surface area contributed by atoms with Gasteiger partial charge in [0.1, 0.15) is 0 Å². The summed E-state index contributed by atoms with van der Waals surface area (Å²) in [5, 5.41) is 15.1. The SMILES string of the molecule is CC(C)=C1[C@H]2CC[C@@H]1[C@H](C(=O)Nc1ccc(C)c(Cl)c1)[C@H]2C(=O)[O-]. The zero-order valence-electron chi connectivity index (χ0n) is 14.1. The number of amides is 1. The van der Waals surface area contributed by atoms with E-state index in [2.05, 4.69) is 5.32 Å². The third-order valence-corrected chi connectivity index (χ3v) is 5.84. The van der Waals surface area contributed by atoms with Crippen molar-refractivity contribution in [2.45, 2.75) is 33.6 Å². The van der Waals surface area contributed by atoms with Crippen molar-refractivity contribution in [3.8, 4) is 0 Å². The summed E-state index contributed by atoms with van der Waals surface area (Å²) in [6.07, 6.45) is 1.69. The molecule has 4 nitrogen and oxygen atoms in total. The fourth-order valence-corrected chi connectivity index (χ4v) is 4.67. The van der Waals surface area contributed by atoms with Crippen molar-refractivity contribution >= 4 is 29.2 Å². The Hall–Kier alpha value is -1.81. The molecule has 2 aliphatic carbocycles. The number of nitrogens with one attached hydrogen (secondary N) is 1. The third kappa shape index (κ3) is 2.73. The molecule has 3 rings (SSSR count). The fraction of sp³-hybridized carbons (Fsp3) is 0.474. The van der Waals surface area contributed by atoms with Gasteiger partial charge in [0.15, 0.2) is 0 Å². The van der Waals surface area contributed by atoms with E-state index in [9.17, 15) is 14.7 Å². The molecule has 2 saturated carbocycles. The predicted molar refractivity (Wildman–Crippen MR) is 91.4 cm³/mol. The van der Waals surface area contributed by atoms with E-state index >= 15 is 0 Å². The Kier molecular flexibility index (Phi) is 4.43. The normalized spacial score (nSPS) is 28.1. The van der Waals surface area contributed by atoms with E-state index in [1.54, 1.807) is 12.1 Å². The number of fused-ring (bicyclic) bond motifs is 2.